The van der Waals surface area contributed by atoms with Crippen molar-refractivity contribution in [2.24, 2.45) is 0 Å². The normalized spacial score (nSPS) is 12.7. The highest BCUT2D eigenvalue weighted by Crippen LogP contribution is 2.32. The van der Waals surface area contributed by atoms with Gasteiger partial charge in [0.2, 0.25) is 12.7 Å². The van der Waals surface area contributed by atoms with Crippen molar-refractivity contribution in [1.82, 2.24) is 5.32 Å². The summed E-state index contributed by atoms with van der Waals surface area (Å²) < 4.78 is 10.3. The number of carbonyl (C=O) groups is 2. The van der Waals surface area contributed by atoms with Gasteiger partial charge in [-0.1, -0.05) is 6.07 Å². The molecular weight excluding hydrogens is 238 g/mol. The molecular formula is C12H10NO5-. The van der Waals surface area contributed by atoms with Crippen LogP contribution in [0.25, 0.3) is 0 Å². The molecule has 1 N–H and O–H groups in total. The third-order valence-electron chi connectivity index (χ3n) is 2.27. The summed E-state index contributed by atoms with van der Waals surface area (Å²) in [7, 11) is 0. The average molecular weight is 248 g/mol. The minimum absolute atomic E-state index is 0.194. The molecule has 1 aromatic carbocycles. The van der Waals surface area contributed by atoms with Gasteiger partial charge in [0.15, 0.2) is 11.5 Å². The van der Waals surface area contributed by atoms with Gasteiger partial charge in [0.25, 0.3) is 0 Å². The minimum Gasteiger partial charge on any atom is -0.545 e. The van der Waals surface area contributed by atoms with Crippen LogP contribution in [0.4, 0.5) is 0 Å². The Kier molecular flexibility index (Phi) is 3.47. The summed E-state index contributed by atoms with van der Waals surface area (Å²) in [6, 6.07) is 5.29. The first-order chi connectivity index (χ1) is 8.65. The molecule has 0 aliphatic carbocycles. The molecule has 1 aromatic rings. The molecule has 1 aliphatic heterocycles. The van der Waals surface area contributed by atoms with Crippen LogP contribution in [0.15, 0.2) is 30.4 Å². The predicted molar refractivity (Wildman–Crippen MR) is 58.6 cm³/mol. The van der Waals surface area contributed by atoms with E-state index in [2.05, 4.69) is 5.32 Å². The van der Waals surface area contributed by atoms with Gasteiger partial charge < -0.3 is 24.7 Å². The third kappa shape index (κ3) is 3.00. The molecule has 0 bridgehead atoms. The molecule has 1 heterocycles. The minimum atomic E-state index is -1.41. The second-order valence-corrected chi connectivity index (χ2v) is 3.56. The highest BCUT2D eigenvalue weighted by Gasteiger charge is 2.12. The largest absolute Gasteiger partial charge is 0.545 e. The van der Waals surface area contributed by atoms with Crippen molar-refractivity contribution in [3.8, 4) is 11.5 Å². The van der Waals surface area contributed by atoms with E-state index in [0.29, 0.717) is 17.6 Å². The highest BCUT2D eigenvalue weighted by molar-refractivity contribution is 5.93. The fourth-order valence-electron chi connectivity index (χ4n) is 1.44. The smallest absolute Gasteiger partial charge is 0.244 e. The molecule has 6 nitrogen and oxygen atoms in total. The van der Waals surface area contributed by atoms with Crippen LogP contribution < -0.4 is 19.9 Å². The fraction of sp³-hybridized carbons (Fsp3) is 0.167. The molecule has 1 aliphatic rings. The van der Waals surface area contributed by atoms with Crippen molar-refractivity contribution in [1.29, 1.82) is 0 Å². The van der Waals surface area contributed by atoms with Gasteiger partial charge in [0.1, 0.15) is 0 Å². The Morgan fingerprint density at radius 3 is 2.83 bits per heavy atom. The maximum atomic E-state index is 11.2. The maximum absolute atomic E-state index is 11.2. The second kappa shape index (κ2) is 5.22. The van der Waals surface area contributed by atoms with Crippen LogP contribution >= 0.6 is 0 Å². The zero-order valence-corrected chi connectivity index (χ0v) is 9.34. The number of rotatable bonds is 4. The molecule has 0 aromatic heterocycles. The summed E-state index contributed by atoms with van der Waals surface area (Å²) in [4.78, 5) is 21.3. The van der Waals surface area contributed by atoms with Gasteiger partial charge in [0, 0.05) is 12.6 Å². The molecule has 0 unspecified atom stereocenters. The van der Waals surface area contributed by atoms with Crippen LogP contribution in [-0.4, -0.2) is 18.7 Å². The Bertz CT molecular complexity index is 509. The number of nitrogens with one attached hydrogen (secondary N) is 1. The van der Waals surface area contributed by atoms with E-state index in [1.54, 1.807) is 18.2 Å². The van der Waals surface area contributed by atoms with Crippen molar-refractivity contribution in [2.45, 2.75) is 6.54 Å². The SMILES string of the molecule is O=C([O-])/C=C/C(=O)NCc1ccc2c(c1)OCO2. The van der Waals surface area contributed by atoms with Gasteiger partial charge in [-0.25, -0.2) is 0 Å². The lowest BCUT2D eigenvalue weighted by atomic mass is 10.2. The van der Waals surface area contributed by atoms with Crippen molar-refractivity contribution in [3.63, 3.8) is 0 Å². The Morgan fingerprint density at radius 1 is 1.28 bits per heavy atom. The first-order valence-corrected chi connectivity index (χ1v) is 5.20. The Balaban J connectivity index is 1.90. The summed E-state index contributed by atoms with van der Waals surface area (Å²) in [5.74, 6) is -0.612. The maximum Gasteiger partial charge on any atom is 0.244 e. The molecule has 0 atom stereocenters. The fourth-order valence-corrected chi connectivity index (χ4v) is 1.44. The van der Waals surface area contributed by atoms with Crippen molar-refractivity contribution >= 4 is 11.9 Å². The van der Waals surface area contributed by atoms with Crippen LogP contribution in [0, 0.1) is 0 Å². The molecule has 0 spiro atoms. The first-order valence-electron chi connectivity index (χ1n) is 5.20. The summed E-state index contributed by atoms with van der Waals surface area (Å²) >= 11 is 0. The summed E-state index contributed by atoms with van der Waals surface area (Å²) in [5, 5.41) is 12.6. The first kappa shape index (κ1) is 12.0. The lowest BCUT2D eigenvalue weighted by Crippen LogP contribution is -2.23. The number of benzene rings is 1. The van der Waals surface area contributed by atoms with Crippen LogP contribution in [0.5, 0.6) is 11.5 Å². The van der Waals surface area contributed by atoms with Crippen LogP contribution in [0.2, 0.25) is 0 Å². The van der Waals surface area contributed by atoms with Crippen LogP contribution in [0.3, 0.4) is 0 Å². The topological polar surface area (TPSA) is 87.7 Å². The number of carbonyl (C=O) groups excluding carboxylic acids is 2. The zero-order chi connectivity index (χ0) is 13.0. The number of amides is 1. The van der Waals surface area contributed by atoms with Gasteiger partial charge >= 0.3 is 0 Å². The molecule has 18 heavy (non-hydrogen) atoms. The third-order valence-corrected chi connectivity index (χ3v) is 2.27. The van der Waals surface area contributed by atoms with Crippen LogP contribution in [0.1, 0.15) is 5.56 Å². The van der Waals surface area contributed by atoms with Gasteiger partial charge in [-0.2, -0.15) is 0 Å². The Hall–Kier alpha value is -2.50. The van der Waals surface area contributed by atoms with E-state index in [9.17, 15) is 14.7 Å². The summed E-state index contributed by atoms with van der Waals surface area (Å²) in [6.45, 7) is 0.465. The van der Waals surface area contributed by atoms with E-state index >= 15 is 0 Å². The summed E-state index contributed by atoms with van der Waals surface area (Å²) in [6.07, 6.45) is 1.58. The number of fused-ring (bicyclic) bond motifs is 1. The second-order valence-electron chi connectivity index (χ2n) is 3.56. The number of carboxylic acids is 1. The molecule has 1 amide bonds. The van der Waals surface area contributed by atoms with Gasteiger partial charge in [-0.3, -0.25) is 4.79 Å². The zero-order valence-electron chi connectivity index (χ0n) is 9.34. The number of ether oxygens (including phenoxy) is 2. The number of hydrogen-bond acceptors (Lipinski definition) is 5. The lowest BCUT2D eigenvalue weighted by Gasteiger charge is -2.04. The van der Waals surface area contributed by atoms with Gasteiger partial charge in [0.05, 0.1) is 5.97 Å². The van der Waals surface area contributed by atoms with E-state index in [0.717, 1.165) is 11.6 Å². The lowest BCUT2D eigenvalue weighted by molar-refractivity contribution is -0.297. The Morgan fingerprint density at radius 2 is 2.06 bits per heavy atom. The van der Waals surface area contributed by atoms with E-state index in [4.69, 9.17) is 9.47 Å². The van der Waals surface area contributed by atoms with Gasteiger partial charge in [-0.05, 0) is 23.8 Å². The molecule has 0 saturated carbocycles. The van der Waals surface area contributed by atoms with E-state index in [1.807, 2.05) is 0 Å². The highest BCUT2D eigenvalue weighted by atomic mass is 16.7. The molecule has 94 valence electrons. The molecule has 0 fully saturated rings. The average Bonchev–Trinajstić information content (AvgIpc) is 2.81. The standard InChI is InChI=1S/C12H11NO5/c14-11(3-4-12(15)16)13-6-8-1-2-9-10(5-8)18-7-17-9/h1-5H,6-7H2,(H,13,14)(H,15,16)/p-1/b4-3+. The molecule has 6 heteroatoms. The van der Waals surface area contributed by atoms with E-state index < -0.39 is 11.9 Å². The molecule has 2 rings (SSSR count). The molecule has 0 radical (unpaired) electrons. The summed E-state index contributed by atoms with van der Waals surface area (Å²) in [5.41, 5.74) is 0.828. The van der Waals surface area contributed by atoms with Crippen LogP contribution in [-0.2, 0) is 16.1 Å². The monoisotopic (exact) mass is 248 g/mol. The van der Waals surface area contributed by atoms with Crippen molar-refractivity contribution < 1.29 is 24.2 Å². The van der Waals surface area contributed by atoms with E-state index in [1.165, 1.54) is 0 Å². The molecule has 0 saturated heterocycles. The number of carboxylic acid groups (broad SMARTS) is 1. The van der Waals surface area contributed by atoms with E-state index in [-0.39, 0.29) is 13.3 Å². The Labute approximate surface area is 103 Å². The predicted octanol–water partition coefficient (Wildman–Crippen LogP) is -0.662. The number of aliphatic carboxylic acids is 1. The van der Waals surface area contributed by atoms with Gasteiger partial charge in [-0.15, -0.1) is 0 Å². The number of hydrogen-bond donors (Lipinski definition) is 1. The van der Waals surface area contributed by atoms with Crippen molar-refractivity contribution in [3.05, 3.63) is 35.9 Å². The van der Waals surface area contributed by atoms with Crippen molar-refractivity contribution in [2.75, 3.05) is 6.79 Å². The quantitative estimate of drug-likeness (QED) is 0.714.